The first-order chi connectivity index (χ1) is 25.3. The van der Waals surface area contributed by atoms with Crippen LogP contribution in [0.4, 0.5) is 11.6 Å². The van der Waals surface area contributed by atoms with E-state index in [0.717, 1.165) is 11.5 Å². The molecule has 0 bridgehead atoms. The lowest BCUT2D eigenvalue weighted by Crippen LogP contribution is -2.15. The summed E-state index contributed by atoms with van der Waals surface area (Å²) < 4.78 is 13.7. The van der Waals surface area contributed by atoms with Gasteiger partial charge in [-0.3, -0.25) is 4.79 Å². The molecule has 0 saturated carbocycles. The number of rotatable bonds is 9. The second-order valence-electron chi connectivity index (χ2n) is 11.3. The quantitative estimate of drug-likeness (QED) is 0.150. The van der Waals surface area contributed by atoms with Crippen LogP contribution in [0.3, 0.4) is 0 Å². The first kappa shape index (κ1) is 39.6. The first-order valence-electron chi connectivity index (χ1n) is 15.8. The highest BCUT2D eigenvalue weighted by molar-refractivity contribution is 6.31. The molecule has 0 radical (unpaired) electrons. The molecule has 6 rings (SSSR count). The highest BCUT2D eigenvalue weighted by Gasteiger charge is 2.17. The molecule has 6 aromatic rings. The van der Waals surface area contributed by atoms with Gasteiger partial charge in [-0.15, -0.1) is 20.4 Å². The minimum atomic E-state index is -1.11. The lowest BCUT2D eigenvalue weighted by Gasteiger charge is -2.11. The zero-order chi connectivity index (χ0) is 38.7. The molecule has 0 aliphatic carbocycles. The Hall–Kier alpha value is -6.20. The predicted octanol–water partition coefficient (Wildman–Crippen LogP) is 6.18. The summed E-state index contributed by atoms with van der Waals surface area (Å²) >= 11 is 11.5. The van der Waals surface area contributed by atoms with E-state index in [-0.39, 0.29) is 34.0 Å². The third-order valence-corrected chi connectivity index (χ3v) is 7.39. The Morgan fingerprint density at radius 3 is 1.75 bits per heavy atom. The number of carboxylic acid groups (broad SMARTS) is 1. The number of pyridine rings is 4. The van der Waals surface area contributed by atoms with E-state index < -0.39 is 11.9 Å². The van der Waals surface area contributed by atoms with Crippen LogP contribution in [0.25, 0.3) is 23.0 Å². The van der Waals surface area contributed by atoms with Crippen molar-refractivity contribution in [2.75, 3.05) is 25.3 Å². The highest BCUT2D eigenvalue weighted by atomic mass is 35.5. The van der Waals surface area contributed by atoms with Gasteiger partial charge >= 0.3 is 5.97 Å². The number of carboxylic acids is 1. The number of carbonyl (C=O) groups is 2. The maximum absolute atomic E-state index is 12.6. The third kappa shape index (κ3) is 10.4. The van der Waals surface area contributed by atoms with Gasteiger partial charge < -0.3 is 34.8 Å². The summed E-state index contributed by atoms with van der Waals surface area (Å²) in [6.07, 6.45) is 6.09. The molecule has 4 N–H and O–H groups in total. The highest BCUT2D eigenvalue weighted by Crippen LogP contribution is 2.23. The molecular formula is C34H36Cl2N12O5. The normalized spacial score (nSPS) is 10.5. The Morgan fingerprint density at radius 1 is 0.774 bits per heavy atom. The van der Waals surface area contributed by atoms with Gasteiger partial charge in [0.2, 0.25) is 11.8 Å². The zero-order valence-electron chi connectivity index (χ0n) is 29.5. The van der Waals surface area contributed by atoms with E-state index in [0.29, 0.717) is 34.2 Å². The number of amides is 1. The largest absolute Gasteiger partial charge is 0.480 e. The molecule has 0 spiro atoms. The van der Waals surface area contributed by atoms with E-state index in [1.807, 2.05) is 35.1 Å². The topological polar surface area (TPSA) is 224 Å². The molecule has 19 heteroatoms. The van der Waals surface area contributed by atoms with Crippen molar-refractivity contribution >= 4 is 46.7 Å². The fourth-order valence-electron chi connectivity index (χ4n) is 4.49. The van der Waals surface area contributed by atoms with Crippen LogP contribution >= 0.6 is 23.2 Å². The van der Waals surface area contributed by atoms with E-state index in [9.17, 15) is 9.59 Å². The number of nitrogens with two attached hydrogens (primary N) is 1. The van der Waals surface area contributed by atoms with Crippen LogP contribution in [0.1, 0.15) is 60.5 Å². The van der Waals surface area contributed by atoms with Gasteiger partial charge in [-0.05, 0) is 64.1 Å². The van der Waals surface area contributed by atoms with Crippen LogP contribution in [-0.2, 0) is 0 Å². The van der Waals surface area contributed by atoms with Gasteiger partial charge in [-0.25, -0.2) is 24.7 Å². The van der Waals surface area contributed by atoms with Crippen molar-refractivity contribution in [2.24, 2.45) is 0 Å². The molecule has 17 nitrogen and oxygen atoms in total. The maximum Gasteiger partial charge on any atom is 0.341 e. The summed E-state index contributed by atoms with van der Waals surface area (Å²) in [5, 5.41) is 28.0. The number of hydrogen-bond donors (Lipinski definition) is 3. The molecule has 1 amide bonds. The van der Waals surface area contributed by atoms with Crippen molar-refractivity contribution in [2.45, 2.75) is 39.8 Å². The van der Waals surface area contributed by atoms with Crippen molar-refractivity contribution in [1.29, 1.82) is 0 Å². The first-order valence-corrected chi connectivity index (χ1v) is 16.5. The average molecular weight is 764 g/mol. The molecule has 276 valence electrons. The van der Waals surface area contributed by atoms with Crippen molar-refractivity contribution < 1.29 is 24.2 Å². The Balaban J connectivity index is 0.000000196. The molecular weight excluding hydrogens is 727 g/mol. The minimum Gasteiger partial charge on any atom is -0.480 e. The molecule has 0 saturated heterocycles. The number of anilines is 2. The number of nitrogen functional groups attached to an aromatic ring is 1. The molecule has 6 aromatic heterocycles. The number of nitrogens with zero attached hydrogens (tertiary/aromatic N) is 10. The third-order valence-electron chi connectivity index (χ3n) is 6.98. The van der Waals surface area contributed by atoms with Crippen molar-refractivity contribution in [1.82, 2.24) is 49.5 Å². The van der Waals surface area contributed by atoms with Crippen molar-refractivity contribution in [3.63, 3.8) is 0 Å². The SMILES string of the molecule is CC(C)n1cnnc1-c1cccc(N)n1.COc1ncc(Cl)cc1C(=O)Nc1cccc(-c2nncn2C(C)C)n1.COc1ncc(Cl)cc1C(=O)O. The average Bonchev–Trinajstić information content (AvgIpc) is 3.84. The lowest BCUT2D eigenvalue weighted by molar-refractivity contribution is 0.0692. The molecule has 0 fully saturated rings. The van der Waals surface area contributed by atoms with E-state index in [1.54, 1.807) is 36.9 Å². The smallest absolute Gasteiger partial charge is 0.341 e. The van der Waals surface area contributed by atoms with E-state index in [1.165, 1.54) is 38.7 Å². The number of methoxy groups -OCH3 is 2. The molecule has 6 heterocycles. The van der Waals surface area contributed by atoms with Gasteiger partial charge in [0.15, 0.2) is 11.6 Å². The summed E-state index contributed by atoms with van der Waals surface area (Å²) in [4.78, 5) is 39.5. The standard InChI is InChI=1S/C17H17ClN6O2.C10H13N5.C7H6ClNO3/c1-10(2)24-9-20-23-15(24)13-5-4-6-14(21-13)22-16(25)12-7-11(18)8-19-17(12)26-3;1-7(2)15-6-12-14-10(15)8-4-3-5-9(11)13-8;1-12-6-5(7(10)11)2-4(8)3-9-6/h4-10H,1-3H3,(H,21,22,25);3-7H,1-2H3,(H2,11,13);2-3H,1H3,(H,10,11). The summed E-state index contributed by atoms with van der Waals surface area (Å²) in [5.74, 6) is 0.942. The number of ether oxygens (including phenoxy) is 2. The molecule has 0 unspecified atom stereocenters. The number of carbonyl (C=O) groups excluding carboxylic acids is 1. The van der Waals surface area contributed by atoms with Gasteiger partial charge in [-0.1, -0.05) is 35.3 Å². The van der Waals surface area contributed by atoms with Crippen LogP contribution in [-0.4, -0.2) is 80.7 Å². The molecule has 0 aliphatic heterocycles. The van der Waals surface area contributed by atoms with E-state index in [4.69, 9.17) is 43.5 Å². The van der Waals surface area contributed by atoms with Gasteiger partial charge in [0.25, 0.3) is 5.91 Å². The van der Waals surface area contributed by atoms with E-state index in [2.05, 4.69) is 59.5 Å². The Kier molecular flexibility index (Phi) is 13.7. The minimum absolute atomic E-state index is 0.0370. The van der Waals surface area contributed by atoms with Gasteiger partial charge in [0.1, 0.15) is 46.8 Å². The Labute approximate surface area is 314 Å². The Bertz CT molecular complexity index is 2170. The molecule has 0 atom stereocenters. The van der Waals surface area contributed by atoms with Gasteiger partial charge in [-0.2, -0.15) is 0 Å². The zero-order valence-corrected chi connectivity index (χ0v) is 31.0. The molecule has 0 aromatic carbocycles. The van der Waals surface area contributed by atoms with Crippen LogP contribution in [0.5, 0.6) is 11.8 Å². The van der Waals surface area contributed by atoms with Gasteiger partial charge in [0, 0.05) is 24.5 Å². The van der Waals surface area contributed by atoms with Crippen LogP contribution in [0, 0.1) is 0 Å². The Morgan fingerprint density at radius 2 is 1.26 bits per heavy atom. The van der Waals surface area contributed by atoms with Crippen LogP contribution in [0.2, 0.25) is 10.0 Å². The monoisotopic (exact) mass is 762 g/mol. The summed E-state index contributed by atoms with van der Waals surface area (Å²) in [5.41, 5.74) is 7.16. The summed E-state index contributed by atoms with van der Waals surface area (Å²) in [6, 6.07) is 14.0. The number of nitrogens with one attached hydrogen (secondary N) is 1. The fourth-order valence-corrected chi connectivity index (χ4v) is 4.81. The maximum atomic E-state index is 12.6. The summed E-state index contributed by atoms with van der Waals surface area (Å²) in [6.45, 7) is 8.19. The predicted molar refractivity (Wildman–Crippen MR) is 198 cm³/mol. The van der Waals surface area contributed by atoms with Crippen molar-refractivity contribution in [3.05, 3.63) is 94.8 Å². The second-order valence-corrected chi connectivity index (χ2v) is 12.2. The number of halogens is 2. The number of aromatic nitrogens is 10. The van der Waals surface area contributed by atoms with Crippen LogP contribution < -0.4 is 20.5 Å². The number of hydrogen-bond acceptors (Lipinski definition) is 13. The molecule has 53 heavy (non-hydrogen) atoms. The molecule has 0 aliphatic rings. The fraction of sp³-hybridized carbons (Fsp3) is 0.235. The lowest BCUT2D eigenvalue weighted by atomic mass is 10.2. The second kappa shape index (κ2) is 18.3. The van der Waals surface area contributed by atoms with Gasteiger partial charge in [0.05, 0.1) is 24.3 Å². The summed E-state index contributed by atoms with van der Waals surface area (Å²) in [7, 11) is 2.79. The van der Waals surface area contributed by atoms with E-state index >= 15 is 0 Å². The number of aromatic carboxylic acids is 1. The van der Waals surface area contributed by atoms with Crippen LogP contribution in [0.15, 0.2) is 73.6 Å². The van der Waals surface area contributed by atoms with Crippen molar-refractivity contribution in [3.8, 4) is 34.8 Å².